The Morgan fingerprint density at radius 2 is 1.61 bits per heavy atom. The second-order valence-electron chi connectivity index (χ2n) is 8.97. The minimum Gasteiger partial charge on any atom is -0.507 e. The quantitative estimate of drug-likeness (QED) is 0.602. The molecule has 0 atom stereocenters. The number of carbonyl (C=O) groups is 2. The van der Waals surface area contributed by atoms with E-state index in [0.29, 0.717) is 11.1 Å². The summed E-state index contributed by atoms with van der Waals surface area (Å²) in [6, 6.07) is 10.7. The van der Waals surface area contributed by atoms with Gasteiger partial charge in [-0.3, -0.25) is 4.79 Å². The first-order valence-corrected chi connectivity index (χ1v) is 9.63. The molecule has 4 nitrogen and oxygen atoms in total. The van der Waals surface area contributed by atoms with Crippen molar-refractivity contribution in [1.29, 1.82) is 0 Å². The molecule has 0 saturated heterocycles. The molecular formula is C24H28O4. The van der Waals surface area contributed by atoms with Gasteiger partial charge in [-0.1, -0.05) is 45.9 Å². The van der Waals surface area contributed by atoms with Crippen molar-refractivity contribution in [2.45, 2.75) is 57.8 Å². The Hall–Kier alpha value is -2.62. The molecule has 0 amide bonds. The maximum atomic E-state index is 12.9. The van der Waals surface area contributed by atoms with E-state index in [9.17, 15) is 14.7 Å². The molecule has 0 radical (unpaired) electrons. The van der Waals surface area contributed by atoms with E-state index in [1.54, 1.807) is 6.07 Å². The minimum absolute atomic E-state index is 0.00722. The Morgan fingerprint density at radius 3 is 2.21 bits per heavy atom. The summed E-state index contributed by atoms with van der Waals surface area (Å²) in [5.74, 6) is -0.785. The lowest BCUT2D eigenvalue weighted by Crippen LogP contribution is -2.34. The van der Waals surface area contributed by atoms with Crippen LogP contribution in [0.2, 0.25) is 0 Å². The van der Waals surface area contributed by atoms with Gasteiger partial charge < -0.3 is 9.84 Å². The van der Waals surface area contributed by atoms with Gasteiger partial charge in [-0.15, -0.1) is 0 Å². The molecule has 0 saturated carbocycles. The third kappa shape index (κ3) is 3.68. The van der Waals surface area contributed by atoms with Crippen LogP contribution in [-0.2, 0) is 22.0 Å². The first-order chi connectivity index (χ1) is 13.0. The lowest BCUT2D eigenvalue weighted by Gasteiger charge is -2.42. The predicted molar refractivity (Wildman–Crippen MR) is 109 cm³/mol. The number of rotatable bonds is 4. The van der Waals surface area contributed by atoms with Crippen LogP contribution in [0.25, 0.3) is 0 Å². The van der Waals surface area contributed by atoms with Crippen molar-refractivity contribution in [2.24, 2.45) is 0 Å². The lowest BCUT2D eigenvalue weighted by atomic mass is 9.63. The Labute approximate surface area is 166 Å². The molecule has 1 aliphatic rings. The molecule has 2 aromatic rings. The molecule has 0 aliphatic heterocycles. The smallest absolute Gasteiger partial charge is 0.341 e. The van der Waals surface area contributed by atoms with Crippen LogP contribution in [0.4, 0.5) is 0 Å². The van der Waals surface area contributed by atoms with Crippen molar-refractivity contribution < 1.29 is 19.4 Å². The third-order valence-electron chi connectivity index (χ3n) is 6.01. The number of ether oxygens (including phenoxy) is 1. The molecule has 0 bridgehead atoms. The zero-order valence-corrected chi connectivity index (χ0v) is 17.3. The molecule has 3 rings (SSSR count). The number of carbonyl (C=O) groups excluding carboxylic acids is 2. The van der Waals surface area contributed by atoms with Crippen molar-refractivity contribution in [1.82, 2.24) is 0 Å². The summed E-state index contributed by atoms with van der Waals surface area (Å²) in [6.45, 7) is 8.99. The maximum Gasteiger partial charge on any atom is 0.341 e. The summed E-state index contributed by atoms with van der Waals surface area (Å²) >= 11 is 0. The van der Waals surface area contributed by atoms with Gasteiger partial charge in [0.2, 0.25) is 0 Å². The number of ketones is 1. The summed E-state index contributed by atoms with van der Waals surface area (Å²) < 4.78 is 4.63. The van der Waals surface area contributed by atoms with Crippen LogP contribution >= 0.6 is 0 Å². The molecule has 2 aromatic carbocycles. The molecule has 0 aromatic heterocycles. The number of esters is 1. The Morgan fingerprint density at radius 1 is 0.964 bits per heavy atom. The highest BCUT2D eigenvalue weighted by Crippen LogP contribution is 2.45. The van der Waals surface area contributed by atoms with Crippen molar-refractivity contribution in [3.63, 3.8) is 0 Å². The zero-order valence-electron chi connectivity index (χ0n) is 17.3. The van der Waals surface area contributed by atoms with E-state index in [0.717, 1.165) is 12.8 Å². The van der Waals surface area contributed by atoms with E-state index in [4.69, 9.17) is 0 Å². The summed E-state index contributed by atoms with van der Waals surface area (Å²) in [4.78, 5) is 24.5. The van der Waals surface area contributed by atoms with Gasteiger partial charge in [-0.05, 0) is 58.6 Å². The molecule has 0 unspecified atom stereocenters. The number of hydrogen-bond acceptors (Lipinski definition) is 4. The molecule has 0 spiro atoms. The van der Waals surface area contributed by atoms with Crippen LogP contribution in [-0.4, -0.2) is 24.0 Å². The number of methoxy groups -OCH3 is 1. The van der Waals surface area contributed by atoms with E-state index < -0.39 is 5.97 Å². The fraction of sp³-hybridized carbons (Fsp3) is 0.417. The second-order valence-corrected chi connectivity index (χ2v) is 8.97. The SMILES string of the molecule is COC(=O)c1ccc(CC(=O)c2ccc3c(c2)C(C)(C)CCC3(C)C)cc1O. The van der Waals surface area contributed by atoms with Crippen LogP contribution in [0.3, 0.4) is 0 Å². The van der Waals surface area contributed by atoms with Gasteiger partial charge in [0.1, 0.15) is 11.3 Å². The fourth-order valence-electron chi connectivity index (χ4n) is 4.02. The molecule has 1 N–H and O–H groups in total. The molecule has 1 aliphatic carbocycles. The first kappa shape index (κ1) is 20.1. The second kappa shape index (κ2) is 7.08. The summed E-state index contributed by atoms with van der Waals surface area (Å²) in [7, 11) is 1.26. The highest BCUT2D eigenvalue weighted by atomic mass is 16.5. The lowest BCUT2D eigenvalue weighted by molar-refractivity contribution is 0.0597. The Kier molecular flexibility index (Phi) is 5.09. The third-order valence-corrected chi connectivity index (χ3v) is 6.01. The van der Waals surface area contributed by atoms with E-state index in [-0.39, 0.29) is 34.3 Å². The van der Waals surface area contributed by atoms with E-state index in [1.165, 1.54) is 30.4 Å². The number of aromatic hydroxyl groups is 1. The maximum absolute atomic E-state index is 12.9. The Balaban J connectivity index is 1.88. The topological polar surface area (TPSA) is 63.6 Å². The van der Waals surface area contributed by atoms with Crippen LogP contribution in [0, 0.1) is 0 Å². The largest absolute Gasteiger partial charge is 0.507 e. The minimum atomic E-state index is -0.602. The van der Waals surface area contributed by atoms with E-state index >= 15 is 0 Å². The monoisotopic (exact) mass is 380 g/mol. The van der Waals surface area contributed by atoms with Gasteiger partial charge in [0, 0.05) is 12.0 Å². The van der Waals surface area contributed by atoms with Gasteiger partial charge in [0.15, 0.2) is 5.78 Å². The molecular weight excluding hydrogens is 352 g/mol. The normalized spacial score (nSPS) is 16.9. The number of phenols is 1. The van der Waals surface area contributed by atoms with Crippen LogP contribution in [0.15, 0.2) is 36.4 Å². The number of fused-ring (bicyclic) bond motifs is 1. The molecule has 28 heavy (non-hydrogen) atoms. The van der Waals surface area contributed by atoms with Crippen molar-refractivity contribution in [2.75, 3.05) is 7.11 Å². The predicted octanol–water partition coefficient (Wildman–Crippen LogP) is 4.95. The summed E-state index contributed by atoms with van der Waals surface area (Å²) in [5.41, 5.74) is 4.16. The van der Waals surface area contributed by atoms with E-state index in [1.807, 2.05) is 12.1 Å². The van der Waals surface area contributed by atoms with Gasteiger partial charge >= 0.3 is 5.97 Å². The molecule has 4 heteroatoms. The highest BCUT2D eigenvalue weighted by molar-refractivity contribution is 5.98. The number of phenolic OH excluding ortho intramolecular Hbond substituents is 1. The number of Topliss-reactive ketones (excluding diaryl/α,β-unsaturated/α-hetero) is 1. The van der Waals surface area contributed by atoms with Crippen molar-refractivity contribution in [3.05, 3.63) is 64.2 Å². The fourth-order valence-corrected chi connectivity index (χ4v) is 4.02. The molecule has 0 fully saturated rings. The van der Waals surface area contributed by atoms with Gasteiger partial charge in [0.25, 0.3) is 0 Å². The van der Waals surface area contributed by atoms with Crippen molar-refractivity contribution >= 4 is 11.8 Å². The van der Waals surface area contributed by atoms with Gasteiger partial charge in [0.05, 0.1) is 7.11 Å². The van der Waals surface area contributed by atoms with Crippen molar-refractivity contribution in [3.8, 4) is 5.75 Å². The molecule has 0 heterocycles. The average Bonchev–Trinajstić information content (AvgIpc) is 2.65. The number of benzene rings is 2. The standard InChI is InChI=1S/C24H28O4/c1-23(2)10-11-24(3,4)19-14-16(7-9-18(19)23)20(25)12-15-6-8-17(21(26)13-15)22(27)28-5/h6-9,13-14,26H,10-12H2,1-5H3. The highest BCUT2D eigenvalue weighted by Gasteiger charge is 2.37. The summed E-state index contributed by atoms with van der Waals surface area (Å²) in [6.07, 6.45) is 2.39. The molecule has 148 valence electrons. The Bertz CT molecular complexity index is 938. The number of hydrogen-bond donors (Lipinski definition) is 1. The van der Waals surface area contributed by atoms with Crippen LogP contribution < -0.4 is 0 Å². The van der Waals surface area contributed by atoms with E-state index in [2.05, 4.69) is 38.5 Å². The van der Waals surface area contributed by atoms with Gasteiger partial charge in [-0.2, -0.15) is 0 Å². The zero-order chi connectivity index (χ0) is 20.7. The van der Waals surface area contributed by atoms with Crippen LogP contribution in [0.5, 0.6) is 5.75 Å². The first-order valence-electron chi connectivity index (χ1n) is 9.63. The van der Waals surface area contributed by atoms with Crippen LogP contribution in [0.1, 0.15) is 77.9 Å². The van der Waals surface area contributed by atoms with Gasteiger partial charge in [-0.25, -0.2) is 4.79 Å². The summed E-state index contributed by atoms with van der Waals surface area (Å²) in [5, 5.41) is 10.0. The average molecular weight is 380 g/mol.